The third-order valence-electron chi connectivity index (χ3n) is 2.37. The van der Waals surface area contributed by atoms with Gasteiger partial charge >= 0.3 is 5.97 Å². The van der Waals surface area contributed by atoms with Gasteiger partial charge in [-0.15, -0.1) is 5.10 Å². The van der Waals surface area contributed by atoms with E-state index >= 15 is 0 Å². The highest BCUT2D eigenvalue weighted by Crippen LogP contribution is 2.15. The Morgan fingerprint density at radius 2 is 2.06 bits per heavy atom. The van der Waals surface area contributed by atoms with Crippen molar-refractivity contribution in [1.29, 1.82) is 0 Å². The summed E-state index contributed by atoms with van der Waals surface area (Å²) >= 11 is 0. The maximum absolute atomic E-state index is 13.2. The monoisotopic (exact) mass is 235 g/mol. The van der Waals surface area contributed by atoms with Crippen LogP contribution in [0.5, 0.6) is 0 Å². The smallest absolute Gasteiger partial charge is 0.358 e. The molecule has 5 nitrogen and oxygen atoms in total. The minimum absolute atomic E-state index is 0.132. The van der Waals surface area contributed by atoms with Gasteiger partial charge in [0, 0.05) is 0 Å². The molecule has 0 aliphatic carbocycles. The quantitative estimate of drug-likeness (QED) is 0.860. The summed E-state index contributed by atoms with van der Waals surface area (Å²) in [4.78, 5) is 10.8. The van der Waals surface area contributed by atoms with E-state index < -0.39 is 11.8 Å². The number of carboxylic acids is 1. The van der Waals surface area contributed by atoms with Crippen LogP contribution in [0.3, 0.4) is 0 Å². The molecule has 0 bridgehead atoms. The topological polar surface area (TPSA) is 68.0 Å². The van der Waals surface area contributed by atoms with E-state index in [2.05, 4.69) is 10.3 Å². The summed E-state index contributed by atoms with van der Waals surface area (Å²) in [6.07, 6.45) is 0. The fourth-order valence-corrected chi connectivity index (χ4v) is 1.61. The molecule has 1 aromatic heterocycles. The number of carboxylic acid groups (broad SMARTS) is 1. The van der Waals surface area contributed by atoms with E-state index in [-0.39, 0.29) is 5.69 Å². The molecular formula is C11H10FN3O2. The number of aryl methyl sites for hydroxylation is 1. The molecule has 0 spiro atoms. The van der Waals surface area contributed by atoms with E-state index in [9.17, 15) is 9.18 Å². The van der Waals surface area contributed by atoms with Gasteiger partial charge in [-0.05, 0) is 37.6 Å². The van der Waals surface area contributed by atoms with Crippen LogP contribution in [0.25, 0.3) is 5.69 Å². The van der Waals surface area contributed by atoms with Gasteiger partial charge in [0.25, 0.3) is 0 Å². The minimum atomic E-state index is -1.15. The number of hydrogen-bond acceptors (Lipinski definition) is 3. The summed E-state index contributed by atoms with van der Waals surface area (Å²) in [6.45, 7) is 3.32. The normalized spacial score (nSPS) is 10.5. The van der Waals surface area contributed by atoms with Crippen LogP contribution in [-0.2, 0) is 0 Å². The predicted octanol–water partition coefficient (Wildman–Crippen LogP) is 1.72. The van der Waals surface area contributed by atoms with Gasteiger partial charge in [0.05, 0.1) is 11.4 Å². The summed E-state index contributed by atoms with van der Waals surface area (Å²) in [7, 11) is 0. The third kappa shape index (κ3) is 2.01. The maximum Gasteiger partial charge on any atom is 0.358 e. The zero-order valence-electron chi connectivity index (χ0n) is 9.31. The molecule has 17 heavy (non-hydrogen) atoms. The van der Waals surface area contributed by atoms with Crippen LogP contribution in [0.2, 0.25) is 0 Å². The molecule has 0 fully saturated rings. The zero-order valence-corrected chi connectivity index (χ0v) is 9.31. The number of halogens is 1. The fourth-order valence-electron chi connectivity index (χ4n) is 1.61. The third-order valence-corrected chi connectivity index (χ3v) is 2.37. The molecule has 0 aliphatic heterocycles. The first-order valence-corrected chi connectivity index (χ1v) is 4.92. The van der Waals surface area contributed by atoms with Crippen molar-refractivity contribution in [1.82, 2.24) is 15.0 Å². The fraction of sp³-hybridized carbons (Fsp3) is 0.182. The van der Waals surface area contributed by atoms with Gasteiger partial charge in [-0.1, -0.05) is 5.21 Å². The lowest BCUT2D eigenvalue weighted by molar-refractivity contribution is 0.0689. The van der Waals surface area contributed by atoms with E-state index in [1.807, 2.05) is 0 Å². The molecule has 1 N–H and O–H groups in total. The highest BCUT2D eigenvalue weighted by Gasteiger charge is 2.16. The Morgan fingerprint density at radius 3 is 2.59 bits per heavy atom. The van der Waals surface area contributed by atoms with Crippen molar-refractivity contribution < 1.29 is 14.3 Å². The number of nitrogens with zero attached hydrogens (tertiary/aromatic N) is 3. The number of aromatic carboxylic acids is 1. The highest BCUT2D eigenvalue weighted by molar-refractivity contribution is 5.86. The van der Waals surface area contributed by atoms with E-state index in [0.717, 1.165) is 5.56 Å². The molecule has 1 aromatic carbocycles. The van der Waals surface area contributed by atoms with Crippen molar-refractivity contribution >= 4 is 5.97 Å². The number of hydrogen-bond donors (Lipinski definition) is 1. The Hall–Kier alpha value is -2.24. The van der Waals surface area contributed by atoms with Crippen LogP contribution in [-0.4, -0.2) is 26.1 Å². The first-order valence-electron chi connectivity index (χ1n) is 4.92. The van der Waals surface area contributed by atoms with Crippen LogP contribution in [0.4, 0.5) is 4.39 Å². The zero-order chi connectivity index (χ0) is 12.6. The lowest BCUT2D eigenvalue weighted by Crippen LogP contribution is -2.03. The van der Waals surface area contributed by atoms with E-state index in [4.69, 9.17) is 5.11 Å². The van der Waals surface area contributed by atoms with Crippen molar-refractivity contribution in [2.75, 3.05) is 0 Å². The van der Waals surface area contributed by atoms with Gasteiger partial charge in [0.15, 0.2) is 5.69 Å². The van der Waals surface area contributed by atoms with Crippen LogP contribution in [0.1, 0.15) is 21.7 Å². The molecule has 88 valence electrons. The lowest BCUT2D eigenvalue weighted by atomic mass is 10.2. The molecule has 2 aromatic rings. The average Bonchev–Trinajstić information content (AvgIpc) is 2.58. The van der Waals surface area contributed by atoms with E-state index in [0.29, 0.717) is 11.4 Å². The summed E-state index contributed by atoms with van der Waals surface area (Å²) in [5.41, 5.74) is 1.42. The molecule has 0 unspecified atom stereocenters. The Morgan fingerprint density at radius 1 is 1.35 bits per heavy atom. The first-order chi connectivity index (χ1) is 7.99. The van der Waals surface area contributed by atoms with Gasteiger partial charge in [-0.3, -0.25) is 0 Å². The molecule has 0 radical (unpaired) electrons. The second-order valence-electron chi connectivity index (χ2n) is 3.73. The average molecular weight is 235 g/mol. The molecule has 0 aliphatic rings. The summed E-state index contributed by atoms with van der Waals surface area (Å²) in [5, 5.41) is 16.1. The number of rotatable bonds is 2. The van der Waals surface area contributed by atoms with Crippen LogP contribution < -0.4 is 0 Å². The van der Waals surface area contributed by atoms with Crippen LogP contribution in [0, 0.1) is 19.7 Å². The van der Waals surface area contributed by atoms with Gasteiger partial charge < -0.3 is 5.11 Å². The first kappa shape index (κ1) is 11.3. The lowest BCUT2D eigenvalue weighted by Gasteiger charge is -2.04. The molecule has 0 saturated heterocycles. The molecule has 2 rings (SSSR count). The molecule has 0 amide bonds. The minimum Gasteiger partial charge on any atom is -0.476 e. The predicted molar refractivity (Wildman–Crippen MR) is 57.8 cm³/mol. The van der Waals surface area contributed by atoms with Gasteiger partial charge in [-0.2, -0.15) is 0 Å². The Labute approximate surface area is 96.5 Å². The molecule has 0 saturated carbocycles. The Kier molecular flexibility index (Phi) is 2.63. The number of benzene rings is 1. The second kappa shape index (κ2) is 3.97. The van der Waals surface area contributed by atoms with E-state index in [1.54, 1.807) is 19.9 Å². The molecule has 0 atom stereocenters. The van der Waals surface area contributed by atoms with E-state index in [1.165, 1.54) is 16.8 Å². The Bertz CT molecular complexity index is 572. The summed E-state index contributed by atoms with van der Waals surface area (Å²) in [5.74, 6) is -1.55. The summed E-state index contributed by atoms with van der Waals surface area (Å²) in [6, 6.07) is 4.37. The largest absolute Gasteiger partial charge is 0.476 e. The molecule has 6 heteroatoms. The van der Waals surface area contributed by atoms with Gasteiger partial charge in [-0.25, -0.2) is 13.9 Å². The highest BCUT2D eigenvalue weighted by atomic mass is 19.1. The van der Waals surface area contributed by atoms with Crippen molar-refractivity contribution in [2.45, 2.75) is 13.8 Å². The number of aromatic nitrogens is 3. The standard InChI is InChI=1S/C11H10FN3O2/c1-6-3-8(12)5-9(4-6)15-7(2)10(11(16)17)13-14-15/h3-5H,1-2H3,(H,16,17). The summed E-state index contributed by atoms with van der Waals surface area (Å²) < 4.78 is 14.5. The molecule has 1 heterocycles. The molecular weight excluding hydrogens is 225 g/mol. The van der Waals surface area contributed by atoms with Crippen LogP contribution >= 0.6 is 0 Å². The van der Waals surface area contributed by atoms with Crippen molar-refractivity contribution in [3.63, 3.8) is 0 Å². The van der Waals surface area contributed by atoms with Crippen molar-refractivity contribution in [2.24, 2.45) is 0 Å². The van der Waals surface area contributed by atoms with Gasteiger partial charge in [0.2, 0.25) is 0 Å². The Balaban J connectivity index is 2.57. The second-order valence-corrected chi connectivity index (χ2v) is 3.73. The van der Waals surface area contributed by atoms with Gasteiger partial charge in [0.1, 0.15) is 5.82 Å². The SMILES string of the molecule is Cc1cc(F)cc(-n2nnc(C(=O)O)c2C)c1. The van der Waals surface area contributed by atoms with Crippen molar-refractivity contribution in [3.05, 3.63) is 41.0 Å². The van der Waals surface area contributed by atoms with Crippen LogP contribution in [0.15, 0.2) is 18.2 Å². The maximum atomic E-state index is 13.2. The number of carbonyl (C=O) groups is 1. The van der Waals surface area contributed by atoms with Crippen molar-refractivity contribution in [3.8, 4) is 5.69 Å².